The monoisotopic (exact) mass is 413 g/mol. The van der Waals surface area contributed by atoms with Gasteiger partial charge in [0.2, 0.25) is 0 Å². The summed E-state index contributed by atoms with van der Waals surface area (Å²) in [6.45, 7) is 2.83. The largest absolute Gasteiger partial charge is 0.507 e. The molecule has 0 aliphatic carbocycles. The lowest BCUT2D eigenvalue weighted by atomic mass is 9.94. The number of benzene rings is 2. The first-order valence-corrected chi connectivity index (χ1v) is 9.83. The normalized spacial score (nSPS) is 20.1. The van der Waals surface area contributed by atoms with Gasteiger partial charge in [0.25, 0.3) is 11.7 Å². The standard InChI is InChI=1S/C22H20ClNO5/c1-2-8-24-19(13-3-5-16(25)15(23)11-13)18(21(27)22(24)28)20(26)14-4-6-17-12(10-14)7-9-29-17/h3-6,10-11,19,25-26H,2,7-9H2,1H3/b20-18-. The number of Topliss-reactive ketones (excluding diaryl/α,β-unsaturated/α-hetero) is 1. The fourth-order valence-electron chi connectivity index (χ4n) is 3.88. The van der Waals surface area contributed by atoms with Crippen molar-refractivity contribution in [1.29, 1.82) is 0 Å². The first-order valence-electron chi connectivity index (χ1n) is 9.45. The number of nitrogens with zero attached hydrogens (tertiary/aromatic N) is 1. The van der Waals surface area contributed by atoms with Crippen LogP contribution in [0.4, 0.5) is 0 Å². The summed E-state index contributed by atoms with van der Waals surface area (Å²) in [7, 11) is 0. The molecule has 4 rings (SSSR count). The number of aliphatic hydroxyl groups excluding tert-OH is 1. The maximum Gasteiger partial charge on any atom is 0.295 e. The van der Waals surface area contributed by atoms with Crippen LogP contribution in [-0.2, 0) is 16.0 Å². The molecule has 2 aromatic carbocycles. The number of hydrogen-bond donors (Lipinski definition) is 2. The van der Waals surface area contributed by atoms with Gasteiger partial charge >= 0.3 is 0 Å². The van der Waals surface area contributed by atoms with Crippen molar-refractivity contribution < 1.29 is 24.5 Å². The number of likely N-dealkylation sites (tertiary alicyclic amines) is 1. The van der Waals surface area contributed by atoms with E-state index in [1.54, 1.807) is 24.3 Å². The minimum absolute atomic E-state index is 0.0177. The molecule has 0 radical (unpaired) electrons. The number of amides is 1. The van der Waals surface area contributed by atoms with Gasteiger partial charge in [0.15, 0.2) is 0 Å². The van der Waals surface area contributed by atoms with Gasteiger partial charge in [-0.3, -0.25) is 9.59 Å². The lowest BCUT2D eigenvalue weighted by Crippen LogP contribution is -2.30. The van der Waals surface area contributed by atoms with Crippen molar-refractivity contribution in [3.8, 4) is 11.5 Å². The van der Waals surface area contributed by atoms with Crippen LogP contribution >= 0.6 is 11.6 Å². The lowest BCUT2D eigenvalue weighted by molar-refractivity contribution is -0.139. The summed E-state index contributed by atoms with van der Waals surface area (Å²) in [5, 5.41) is 20.9. The molecule has 2 heterocycles. The molecular weight excluding hydrogens is 394 g/mol. The summed E-state index contributed by atoms with van der Waals surface area (Å²) in [5.41, 5.74) is 1.97. The molecule has 1 saturated heterocycles. The topological polar surface area (TPSA) is 87.1 Å². The Labute approximate surface area is 173 Å². The first kappa shape index (κ1) is 19.3. The molecule has 6 nitrogen and oxygen atoms in total. The molecule has 2 aliphatic heterocycles. The van der Waals surface area contributed by atoms with Crippen molar-refractivity contribution in [2.45, 2.75) is 25.8 Å². The van der Waals surface area contributed by atoms with Crippen LogP contribution in [0.15, 0.2) is 42.0 Å². The number of hydrogen-bond acceptors (Lipinski definition) is 5. The molecule has 0 spiro atoms. The van der Waals surface area contributed by atoms with Crippen molar-refractivity contribution in [2.24, 2.45) is 0 Å². The van der Waals surface area contributed by atoms with Crippen molar-refractivity contribution in [3.63, 3.8) is 0 Å². The zero-order valence-corrected chi connectivity index (χ0v) is 16.6. The molecule has 7 heteroatoms. The Morgan fingerprint density at radius 3 is 2.76 bits per heavy atom. The highest BCUT2D eigenvalue weighted by molar-refractivity contribution is 6.46. The molecule has 2 N–H and O–H groups in total. The van der Waals surface area contributed by atoms with Gasteiger partial charge in [0.05, 0.1) is 23.2 Å². The van der Waals surface area contributed by atoms with Gasteiger partial charge < -0.3 is 19.8 Å². The molecule has 0 bridgehead atoms. The molecule has 2 aliphatic rings. The van der Waals surface area contributed by atoms with Crippen molar-refractivity contribution in [1.82, 2.24) is 4.90 Å². The summed E-state index contributed by atoms with van der Waals surface area (Å²) >= 11 is 6.07. The van der Waals surface area contributed by atoms with Crippen LogP contribution in [0.1, 0.15) is 36.1 Å². The van der Waals surface area contributed by atoms with Gasteiger partial charge in [0, 0.05) is 18.5 Å². The average Bonchev–Trinajstić information content (AvgIpc) is 3.27. The molecular formula is C22H20ClNO5. The number of phenols is 1. The Bertz CT molecular complexity index is 1050. The second kappa shape index (κ2) is 7.44. The number of rotatable bonds is 4. The van der Waals surface area contributed by atoms with Crippen LogP contribution in [-0.4, -0.2) is 40.0 Å². The molecule has 150 valence electrons. The van der Waals surface area contributed by atoms with Crippen molar-refractivity contribution in [2.75, 3.05) is 13.2 Å². The van der Waals surface area contributed by atoms with E-state index in [4.69, 9.17) is 16.3 Å². The second-order valence-electron chi connectivity index (χ2n) is 7.12. The average molecular weight is 414 g/mol. The highest BCUT2D eigenvalue weighted by Gasteiger charge is 2.45. The number of aliphatic hydroxyl groups is 1. The molecule has 1 fully saturated rings. The fraction of sp³-hybridized carbons (Fsp3) is 0.273. The molecule has 1 unspecified atom stereocenters. The van der Waals surface area contributed by atoms with E-state index in [2.05, 4.69) is 0 Å². The predicted octanol–water partition coefficient (Wildman–Crippen LogP) is 3.81. The number of ketones is 1. The zero-order valence-electron chi connectivity index (χ0n) is 15.8. The maximum absolute atomic E-state index is 12.9. The van der Waals surface area contributed by atoms with Crippen LogP contribution in [0, 0.1) is 0 Å². The van der Waals surface area contributed by atoms with E-state index in [1.165, 1.54) is 17.0 Å². The summed E-state index contributed by atoms with van der Waals surface area (Å²) in [5.74, 6) is -0.962. The Kier molecular flexibility index (Phi) is 4.96. The maximum atomic E-state index is 12.9. The highest BCUT2D eigenvalue weighted by atomic mass is 35.5. The van der Waals surface area contributed by atoms with Gasteiger partial charge in [-0.25, -0.2) is 0 Å². The van der Waals surface area contributed by atoms with Crippen molar-refractivity contribution >= 4 is 29.1 Å². The van der Waals surface area contributed by atoms with E-state index in [1.807, 2.05) is 6.92 Å². The SMILES string of the molecule is CCCN1C(=O)C(=O)/C(=C(\O)c2ccc3c(c2)CCO3)C1c1ccc(O)c(Cl)c1. The molecule has 1 atom stereocenters. The smallest absolute Gasteiger partial charge is 0.295 e. The molecule has 29 heavy (non-hydrogen) atoms. The fourth-order valence-corrected chi connectivity index (χ4v) is 4.07. The predicted molar refractivity (Wildman–Crippen MR) is 108 cm³/mol. The van der Waals surface area contributed by atoms with Gasteiger partial charge in [-0.1, -0.05) is 24.6 Å². The molecule has 2 aromatic rings. The van der Waals surface area contributed by atoms with E-state index >= 15 is 0 Å². The third-order valence-corrected chi connectivity index (χ3v) is 5.56. The Morgan fingerprint density at radius 2 is 2.03 bits per heavy atom. The van der Waals surface area contributed by atoms with Crippen LogP contribution in [0.5, 0.6) is 11.5 Å². The number of phenolic OH excluding ortho intramolecular Hbond substituents is 1. The quantitative estimate of drug-likeness (QED) is 0.452. The summed E-state index contributed by atoms with van der Waals surface area (Å²) in [4.78, 5) is 27.0. The van der Waals surface area contributed by atoms with E-state index < -0.39 is 17.7 Å². The zero-order chi connectivity index (χ0) is 20.7. The second-order valence-corrected chi connectivity index (χ2v) is 7.53. The van der Waals surface area contributed by atoms with Crippen LogP contribution in [0.2, 0.25) is 5.02 Å². The molecule has 0 aromatic heterocycles. The minimum atomic E-state index is -0.780. The lowest BCUT2D eigenvalue weighted by Gasteiger charge is -2.25. The van der Waals surface area contributed by atoms with Crippen LogP contribution < -0.4 is 4.74 Å². The third-order valence-electron chi connectivity index (χ3n) is 5.25. The molecule has 1 amide bonds. The van der Waals surface area contributed by atoms with Crippen LogP contribution in [0.25, 0.3) is 5.76 Å². The van der Waals surface area contributed by atoms with Gasteiger partial charge in [-0.05, 0) is 47.9 Å². The number of carbonyl (C=O) groups excluding carboxylic acids is 2. The van der Waals surface area contributed by atoms with Crippen molar-refractivity contribution in [3.05, 3.63) is 63.7 Å². The van der Waals surface area contributed by atoms with E-state index in [-0.39, 0.29) is 22.1 Å². The summed E-state index contributed by atoms with van der Waals surface area (Å²) < 4.78 is 5.50. The van der Waals surface area contributed by atoms with Gasteiger partial charge in [-0.2, -0.15) is 0 Å². The Morgan fingerprint density at radius 1 is 1.24 bits per heavy atom. The van der Waals surface area contributed by atoms with Crippen LogP contribution in [0.3, 0.4) is 0 Å². The number of halogens is 1. The third kappa shape index (κ3) is 3.23. The number of aromatic hydroxyl groups is 1. The minimum Gasteiger partial charge on any atom is -0.507 e. The number of carbonyl (C=O) groups is 2. The number of fused-ring (bicyclic) bond motifs is 1. The van der Waals surface area contributed by atoms with Gasteiger partial charge in [-0.15, -0.1) is 0 Å². The summed E-state index contributed by atoms with van der Waals surface area (Å²) in [6, 6.07) is 8.96. The number of ether oxygens (including phenoxy) is 1. The van der Waals surface area contributed by atoms with E-state index in [0.29, 0.717) is 30.7 Å². The van der Waals surface area contributed by atoms with E-state index in [9.17, 15) is 19.8 Å². The highest BCUT2D eigenvalue weighted by Crippen LogP contribution is 2.41. The van der Waals surface area contributed by atoms with E-state index in [0.717, 1.165) is 17.7 Å². The molecule has 0 saturated carbocycles. The Hall–Kier alpha value is -2.99. The Balaban J connectivity index is 1.87. The first-order chi connectivity index (χ1) is 13.9. The van der Waals surface area contributed by atoms with Gasteiger partial charge in [0.1, 0.15) is 17.3 Å². The summed E-state index contributed by atoms with van der Waals surface area (Å²) in [6.07, 6.45) is 1.36.